The molecule has 2 aliphatic rings. The van der Waals surface area contributed by atoms with Crippen molar-refractivity contribution in [2.24, 2.45) is 0 Å². The van der Waals surface area contributed by atoms with E-state index in [1.807, 2.05) is 6.92 Å². The Bertz CT molecular complexity index is 335. The van der Waals surface area contributed by atoms with E-state index in [0.717, 1.165) is 19.7 Å². The standard InChI is InChI=1S/C12H21N3O3/c1-3-15-11(16)6-10(12(15)17)13-7-9-8-14(2)4-5-18-9/h9-10,13H,3-8H2,1-2H3. The molecule has 18 heavy (non-hydrogen) atoms. The molecule has 6 heteroatoms. The monoisotopic (exact) mass is 255 g/mol. The molecule has 0 aromatic rings. The number of nitrogens with zero attached hydrogens (tertiary/aromatic N) is 2. The summed E-state index contributed by atoms with van der Waals surface area (Å²) in [7, 11) is 2.05. The molecule has 2 heterocycles. The van der Waals surface area contributed by atoms with Crippen molar-refractivity contribution in [1.82, 2.24) is 15.1 Å². The van der Waals surface area contributed by atoms with Crippen molar-refractivity contribution in [3.63, 3.8) is 0 Å². The zero-order valence-corrected chi connectivity index (χ0v) is 11.0. The zero-order chi connectivity index (χ0) is 13.1. The van der Waals surface area contributed by atoms with Crippen molar-refractivity contribution in [2.45, 2.75) is 25.5 Å². The van der Waals surface area contributed by atoms with Gasteiger partial charge in [0, 0.05) is 26.2 Å². The molecule has 2 aliphatic heterocycles. The molecule has 2 fully saturated rings. The molecule has 0 aromatic carbocycles. The molecule has 102 valence electrons. The molecule has 2 unspecified atom stereocenters. The number of rotatable bonds is 4. The van der Waals surface area contributed by atoms with E-state index in [1.54, 1.807) is 0 Å². The summed E-state index contributed by atoms with van der Waals surface area (Å²) in [6, 6.07) is -0.367. The minimum atomic E-state index is -0.367. The molecule has 0 bridgehead atoms. The quantitative estimate of drug-likeness (QED) is 0.657. The van der Waals surface area contributed by atoms with Gasteiger partial charge in [-0.2, -0.15) is 0 Å². The van der Waals surface area contributed by atoms with Gasteiger partial charge in [0.05, 0.1) is 25.2 Å². The van der Waals surface area contributed by atoms with E-state index in [9.17, 15) is 9.59 Å². The molecule has 6 nitrogen and oxygen atoms in total. The van der Waals surface area contributed by atoms with E-state index in [1.165, 1.54) is 4.90 Å². The second-order valence-corrected chi connectivity index (χ2v) is 4.90. The molecule has 0 radical (unpaired) electrons. The Morgan fingerprint density at radius 1 is 1.44 bits per heavy atom. The predicted octanol–water partition coefficient (Wildman–Crippen LogP) is -0.946. The van der Waals surface area contributed by atoms with Crippen LogP contribution >= 0.6 is 0 Å². The van der Waals surface area contributed by atoms with E-state index < -0.39 is 0 Å². The fourth-order valence-corrected chi connectivity index (χ4v) is 2.44. The van der Waals surface area contributed by atoms with Crippen molar-refractivity contribution in [1.29, 1.82) is 0 Å². The van der Waals surface area contributed by atoms with Gasteiger partial charge in [-0.1, -0.05) is 0 Å². The Labute approximate surface area is 107 Å². The Balaban J connectivity index is 1.80. The predicted molar refractivity (Wildman–Crippen MR) is 66.0 cm³/mol. The van der Waals surface area contributed by atoms with Gasteiger partial charge in [-0.15, -0.1) is 0 Å². The number of hydrogen-bond donors (Lipinski definition) is 1. The van der Waals surface area contributed by atoms with E-state index >= 15 is 0 Å². The summed E-state index contributed by atoms with van der Waals surface area (Å²) < 4.78 is 5.61. The molecule has 2 amide bonds. The van der Waals surface area contributed by atoms with Crippen LogP contribution in [0.1, 0.15) is 13.3 Å². The van der Waals surface area contributed by atoms with Crippen molar-refractivity contribution in [2.75, 3.05) is 39.8 Å². The first-order valence-corrected chi connectivity index (χ1v) is 6.49. The molecule has 1 N–H and O–H groups in total. The number of morpholine rings is 1. The van der Waals surface area contributed by atoms with Crippen LogP contribution in [0.2, 0.25) is 0 Å². The second-order valence-electron chi connectivity index (χ2n) is 4.90. The summed E-state index contributed by atoms with van der Waals surface area (Å²) in [6.07, 6.45) is 0.372. The summed E-state index contributed by atoms with van der Waals surface area (Å²) in [5.41, 5.74) is 0. The third-order valence-corrected chi connectivity index (χ3v) is 3.49. The lowest BCUT2D eigenvalue weighted by Crippen LogP contribution is -2.48. The summed E-state index contributed by atoms with van der Waals surface area (Å²) in [5, 5.41) is 3.15. The zero-order valence-electron chi connectivity index (χ0n) is 11.0. The maximum absolute atomic E-state index is 11.9. The molecule has 0 spiro atoms. The number of carbonyl (C=O) groups is 2. The highest BCUT2D eigenvalue weighted by Crippen LogP contribution is 2.13. The number of nitrogens with one attached hydrogen (secondary N) is 1. The fourth-order valence-electron chi connectivity index (χ4n) is 2.44. The first-order valence-electron chi connectivity index (χ1n) is 6.49. The molecule has 0 aromatic heterocycles. The second kappa shape index (κ2) is 5.77. The summed E-state index contributed by atoms with van der Waals surface area (Å²) >= 11 is 0. The van der Waals surface area contributed by atoms with Crippen LogP contribution < -0.4 is 5.32 Å². The van der Waals surface area contributed by atoms with Gasteiger partial charge in [-0.05, 0) is 14.0 Å². The number of hydrogen-bond acceptors (Lipinski definition) is 5. The Morgan fingerprint density at radius 3 is 2.83 bits per heavy atom. The lowest BCUT2D eigenvalue weighted by molar-refractivity contribution is -0.138. The molecular weight excluding hydrogens is 234 g/mol. The third kappa shape index (κ3) is 2.88. The molecule has 0 aliphatic carbocycles. The van der Waals surface area contributed by atoms with Gasteiger partial charge in [0.15, 0.2) is 0 Å². The summed E-state index contributed by atoms with van der Waals surface area (Å²) in [5.74, 6) is -0.187. The van der Waals surface area contributed by atoms with Gasteiger partial charge in [-0.3, -0.25) is 14.5 Å². The number of likely N-dealkylation sites (tertiary alicyclic amines) is 1. The van der Waals surface area contributed by atoms with Gasteiger partial charge in [0.25, 0.3) is 0 Å². The van der Waals surface area contributed by atoms with Crippen LogP contribution in [0.5, 0.6) is 0 Å². The van der Waals surface area contributed by atoms with Crippen molar-refractivity contribution in [3.8, 4) is 0 Å². The normalized spacial score (nSPS) is 30.2. The van der Waals surface area contributed by atoms with E-state index in [2.05, 4.69) is 17.3 Å². The molecule has 2 atom stereocenters. The van der Waals surface area contributed by atoms with E-state index in [0.29, 0.717) is 13.1 Å². The molecule has 2 saturated heterocycles. The van der Waals surface area contributed by atoms with Crippen LogP contribution in [0.25, 0.3) is 0 Å². The van der Waals surface area contributed by atoms with E-state index in [4.69, 9.17) is 4.74 Å². The third-order valence-electron chi connectivity index (χ3n) is 3.49. The van der Waals surface area contributed by atoms with Gasteiger partial charge in [0.2, 0.25) is 11.8 Å². The minimum absolute atomic E-state index is 0.0818. The van der Waals surface area contributed by atoms with Crippen molar-refractivity contribution < 1.29 is 14.3 Å². The maximum atomic E-state index is 11.9. The van der Waals surface area contributed by atoms with Crippen LogP contribution in [0, 0.1) is 0 Å². The van der Waals surface area contributed by atoms with Gasteiger partial charge < -0.3 is 15.0 Å². The highest BCUT2D eigenvalue weighted by Gasteiger charge is 2.37. The lowest BCUT2D eigenvalue weighted by atomic mass is 10.2. The fraction of sp³-hybridized carbons (Fsp3) is 0.833. The minimum Gasteiger partial charge on any atom is -0.374 e. The number of amides is 2. The van der Waals surface area contributed by atoms with Gasteiger partial charge >= 0.3 is 0 Å². The average molecular weight is 255 g/mol. The van der Waals surface area contributed by atoms with Crippen LogP contribution in [0.4, 0.5) is 0 Å². The van der Waals surface area contributed by atoms with Crippen LogP contribution in [-0.2, 0) is 14.3 Å². The topological polar surface area (TPSA) is 61.9 Å². The summed E-state index contributed by atoms with van der Waals surface area (Å²) in [6.45, 7) is 5.42. The lowest BCUT2D eigenvalue weighted by Gasteiger charge is -2.30. The molecule has 2 rings (SSSR count). The average Bonchev–Trinajstić information content (AvgIpc) is 2.61. The highest BCUT2D eigenvalue weighted by molar-refractivity contribution is 6.05. The molecular formula is C12H21N3O3. The van der Waals surface area contributed by atoms with Crippen LogP contribution in [-0.4, -0.2) is 73.6 Å². The van der Waals surface area contributed by atoms with Crippen LogP contribution in [0.3, 0.4) is 0 Å². The number of carbonyl (C=O) groups excluding carboxylic acids is 2. The largest absolute Gasteiger partial charge is 0.374 e. The van der Waals surface area contributed by atoms with Crippen LogP contribution in [0.15, 0.2) is 0 Å². The smallest absolute Gasteiger partial charge is 0.246 e. The number of likely N-dealkylation sites (N-methyl/N-ethyl adjacent to an activating group) is 2. The number of ether oxygens (including phenoxy) is 1. The first kappa shape index (κ1) is 13.5. The Morgan fingerprint density at radius 2 is 2.22 bits per heavy atom. The first-order chi connectivity index (χ1) is 8.61. The van der Waals surface area contributed by atoms with Gasteiger partial charge in [-0.25, -0.2) is 0 Å². The summed E-state index contributed by atoms with van der Waals surface area (Å²) in [4.78, 5) is 26.9. The van der Waals surface area contributed by atoms with Crippen molar-refractivity contribution in [3.05, 3.63) is 0 Å². The SMILES string of the molecule is CCN1C(=O)CC(NCC2CN(C)CCO2)C1=O. The Kier molecular flexibility index (Phi) is 4.31. The number of imide groups is 1. The van der Waals surface area contributed by atoms with Crippen molar-refractivity contribution >= 4 is 11.8 Å². The Hall–Kier alpha value is -0.980. The van der Waals surface area contributed by atoms with Gasteiger partial charge in [0.1, 0.15) is 0 Å². The molecule has 0 saturated carbocycles. The maximum Gasteiger partial charge on any atom is 0.246 e. The highest BCUT2D eigenvalue weighted by atomic mass is 16.5. The van der Waals surface area contributed by atoms with E-state index in [-0.39, 0.29) is 30.4 Å².